The van der Waals surface area contributed by atoms with Gasteiger partial charge in [0.2, 0.25) is 5.91 Å². The number of amides is 1. The van der Waals surface area contributed by atoms with Crippen molar-refractivity contribution in [1.82, 2.24) is 20.1 Å². The largest absolute Gasteiger partial charge is 0.497 e. The third-order valence-electron chi connectivity index (χ3n) is 4.44. The molecule has 2 heterocycles. The zero-order valence-corrected chi connectivity index (χ0v) is 18.2. The normalized spacial score (nSPS) is 10.8. The quantitative estimate of drug-likeness (QED) is 0.392. The number of ether oxygens (including phenoxy) is 1. The van der Waals surface area contributed by atoms with Gasteiger partial charge in [0.1, 0.15) is 11.5 Å². The fourth-order valence-electron chi connectivity index (χ4n) is 2.89. The van der Waals surface area contributed by atoms with Crippen molar-refractivity contribution in [2.24, 2.45) is 0 Å². The number of carbonyl (C=O) groups is 1. The van der Waals surface area contributed by atoms with Gasteiger partial charge in [0.15, 0.2) is 11.0 Å². The lowest BCUT2D eigenvalue weighted by molar-refractivity contribution is -0.118. The minimum Gasteiger partial charge on any atom is -0.497 e. The van der Waals surface area contributed by atoms with E-state index in [1.807, 2.05) is 47.0 Å². The Morgan fingerprint density at radius 2 is 1.90 bits per heavy atom. The van der Waals surface area contributed by atoms with Gasteiger partial charge in [-0.15, -0.1) is 10.2 Å². The summed E-state index contributed by atoms with van der Waals surface area (Å²) in [4.78, 5) is 12.3. The molecule has 2 aromatic heterocycles. The average Bonchev–Trinajstić information content (AvgIpc) is 3.47. The second-order valence-corrected chi connectivity index (χ2v) is 7.87. The van der Waals surface area contributed by atoms with Gasteiger partial charge in [-0.1, -0.05) is 23.4 Å². The molecule has 0 saturated carbocycles. The summed E-state index contributed by atoms with van der Waals surface area (Å²) >= 11 is 7.37. The fraction of sp³-hybridized carbons (Fsp3) is 0.136. The van der Waals surface area contributed by atoms with E-state index in [0.717, 1.165) is 17.0 Å². The van der Waals surface area contributed by atoms with Crippen LogP contribution < -0.4 is 10.1 Å². The van der Waals surface area contributed by atoms with E-state index >= 15 is 0 Å². The first kappa shape index (κ1) is 21.0. The Labute approximate surface area is 188 Å². The van der Waals surface area contributed by atoms with Crippen molar-refractivity contribution in [3.05, 3.63) is 77.7 Å². The molecular weight excluding hydrogens is 436 g/mol. The van der Waals surface area contributed by atoms with Crippen LogP contribution in [0.2, 0.25) is 5.02 Å². The maximum atomic E-state index is 12.3. The summed E-state index contributed by atoms with van der Waals surface area (Å²) in [5, 5.41) is 12.8. The van der Waals surface area contributed by atoms with E-state index in [1.54, 1.807) is 31.6 Å². The van der Waals surface area contributed by atoms with Crippen LogP contribution >= 0.6 is 23.4 Å². The summed E-state index contributed by atoms with van der Waals surface area (Å²) in [6.45, 7) is 0.341. The molecule has 31 heavy (non-hydrogen) atoms. The van der Waals surface area contributed by atoms with Gasteiger partial charge in [-0.05, 0) is 60.7 Å². The van der Waals surface area contributed by atoms with Crippen molar-refractivity contribution in [3.63, 3.8) is 0 Å². The number of aromatic nitrogens is 3. The molecular formula is C22H19ClN4O3S. The molecule has 9 heteroatoms. The first-order chi connectivity index (χ1) is 15.1. The number of thioether (sulfide) groups is 1. The van der Waals surface area contributed by atoms with Crippen LogP contribution in [-0.2, 0) is 11.3 Å². The number of nitrogens with one attached hydrogen (secondary N) is 1. The maximum Gasteiger partial charge on any atom is 0.230 e. The predicted molar refractivity (Wildman–Crippen MR) is 120 cm³/mol. The minimum atomic E-state index is -0.127. The van der Waals surface area contributed by atoms with E-state index in [-0.39, 0.29) is 11.7 Å². The first-order valence-corrected chi connectivity index (χ1v) is 10.8. The van der Waals surface area contributed by atoms with Gasteiger partial charge >= 0.3 is 0 Å². The summed E-state index contributed by atoms with van der Waals surface area (Å²) in [6, 6.07) is 18.5. The molecule has 0 aliphatic heterocycles. The van der Waals surface area contributed by atoms with Crippen LogP contribution in [0.1, 0.15) is 5.76 Å². The number of nitrogens with zero attached hydrogens (tertiary/aromatic N) is 3. The van der Waals surface area contributed by atoms with Gasteiger partial charge in [0.25, 0.3) is 0 Å². The van der Waals surface area contributed by atoms with Crippen LogP contribution in [0.15, 0.2) is 76.5 Å². The molecule has 158 valence electrons. The number of halogens is 1. The van der Waals surface area contributed by atoms with Gasteiger partial charge in [-0.3, -0.25) is 9.36 Å². The van der Waals surface area contributed by atoms with Crippen molar-refractivity contribution in [2.45, 2.75) is 11.7 Å². The van der Waals surface area contributed by atoms with E-state index in [2.05, 4.69) is 15.5 Å². The van der Waals surface area contributed by atoms with Crippen molar-refractivity contribution in [2.75, 3.05) is 12.9 Å². The second kappa shape index (κ2) is 9.72. The Hall–Kier alpha value is -3.23. The van der Waals surface area contributed by atoms with Crippen LogP contribution in [0.5, 0.6) is 5.75 Å². The third kappa shape index (κ3) is 5.10. The Morgan fingerprint density at radius 1 is 1.13 bits per heavy atom. The minimum absolute atomic E-state index is 0.127. The van der Waals surface area contributed by atoms with Crippen molar-refractivity contribution in [3.8, 4) is 22.8 Å². The lowest BCUT2D eigenvalue weighted by Crippen LogP contribution is -2.24. The fourth-order valence-corrected chi connectivity index (χ4v) is 3.80. The molecule has 7 nitrogen and oxygen atoms in total. The Morgan fingerprint density at radius 3 is 2.58 bits per heavy atom. The Bertz CT molecular complexity index is 1140. The molecule has 0 spiro atoms. The highest BCUT2D eigenvalue weighted by Gasteiger charge is 2.17. The smallest absolute Gasteiger partial charge is 0.230 e. The maximum absolute atomic E-state index is 12.3. The van der Waals surface area contributed by atoms with Crippen molar-refractivity contribution >= 4 is 29.3 Å². The van der Waals surface area contributed by atoms with Crippen molar-refractivity contribution in [1.29, 1.82) is 0 Å². The number of furan rings is 1. The number of hydrogen-bond donors (Lipinski definition) is 1. The van der Waals surface area contributed by atoms with Gasteiger partial charge in [-0.25, -0.2) is 0 Å². The van der Waals surface area contributed by atoms with E-state index in [0.29, 0.717) is 28.3 Å². The van der Waals surface area contributed by atoms with E-state index in [9.17, 15) is 4.79 Å². The molecule has 2 aromatic carbocycles. The summed E-state index contributed by atoms with van der Waals surface area (Å²) in [5.41, 5.74) is 1.72. The van der Waals surface area contributed by atoms with E-state index < -0.39 is 0 Å². The molecule has 0 aliphatic rings. The molecule has 0 unspecified atom stereocenters. The van der Waals surface area contributed by atoms with E-state index in [4.69, 9.17) is 20.8 Å². The molecule has 0 bridgehead atoms. The molecule has 0 saturated heterocycles. The number of benzene rings is 2. The summed E-state index contributed by atoms with van der Waals surface area (Å²) in [6.07, 6.45) is 1.57. The SMILES string of the molecule is COc1ccc(-c2nnc(SCC(=O)NCc3ccco3)n2-c2ccc(Cl)cc2)cc1. The summed E-state index contributed by atoms with van der Waals surface area (Å²) < 4.78 is 12.4. The molecule has 0 aliphatic carbocycles. The molecule has 4 aromatic rings. The van der Waals surface area contributed by atoms with Crippen LogP contribution in [-0.4, -0.2) is 33.5 Å². The van der Waals surface area contributed by atoms with Crippen LogP contribution in [0.3, 0.4) is 0 Å². The van der Waals surface area contributed by atoms with E-state index in [1.165, 1.54) is 11.8 Å². The number of rotatable bonds is 8. The second-order valence-electron chi connectivity index (χ2n) is 6.49. The number of hydrogen-bond acceptors (Lipinski definition) is 6. The zero-order chi connectivity index (χ0) is 21.6. The molecule has 0 atom stereocenters. The van der Waals surface area contributed by atoms with Gasteiger partial charge < -0.3 is 14.5 Å². The summed E-state index contributed by atoms with van der Waals surface area (Å²) in [7, 11) is 1.62. The predicted octanol–water partition coefficient (Wildman–Crippen LogP) is 4.60. The number of carbonyl (C=O) groups excluding carboxylic acids is 1. The average molecular weight is 455 g/mol. The molecule has 0 fully saturated rings. The van der Waals surface area contributed by atoms with Crippen molar-refractivity contribution < 1.29 is 13.9 Å². The molecule has 1 N–H and O–H groups in total. The highest BCUT2D eigenvalue weighted by Crippen LogP contribution is 2.29. The Kier molecular flexibility index (Phi) is 6.59. The van der Waals surface area contributed by atoms with Gasteiger partial charge in [-0.2, -0.15) is 0 Å². The first-order valence-electron chi connectivity index (χ1n) is 9.41. The van der Waals surface area contributed by atoms with Crippen LogP contribution in [0.25, 0.3) is 17.1 Å². The number of methoxy groups -OCH3 is 1. The standard InChI is InChI=1S/C22H19ClN4O3S/c1-29-18-10-4-15(5-11-18)21-25-26-22(27(21)17-8-6-16(23)7-9-17)31-14-20(28)24-13-19-3-2-12-30-19/h2-12H,13-14H2,1H3,(H,24,28). The van der Waals surface area contributed by atoms with Crippen LogP contribution in [0.4, 0.5) is 0 Å². The lowest BCUT2D eigenvalue weighted by atomic mass is 10.2. The lowest BCUT2D eigenvalue weighted by Gasteiger charge is -2.11. The Balaban J connectivity index is 1.57. The zero-order valence-electron chi connectivity index (χ0n) is 16.6. The molecule has 4 rings (SSSR count). The van der Waals surface area contributed by atoms with Gasteiger partial charge in [0, 0.05) is 16.3 Å². The van der Waals surface area contributed by atoms with Crippen LogP contribution in [0, 0.1) is 0 Å². The highest BCUT2D eigenvalue weighted by atomic mass is 35.5. The molecule has 0 radical (unpaired) electrons. The highest BCUT2D eigenvalue weighted by molar-refractivity contribution is 7.99. The molecule has 1 amide bonds. The summed E-state index contributed by atoms with van der Waals surface area (Å²) in [5.74, 6) is 2.17. The monoisotopic (exact) mass is 454 g/mol. The third-order valence-corrected chi connectivity index (χ3v) is 5.62. The van der Waals surface area contributed by atoms with Gasteiger partial charge in [0.05, 0.1) is 25.7 Å². The topological polar surface area (TPSA) is 82.2 Å².